The lowest BCUT2D eigenvalue weighted by Crippen LogP contribution is -2.52. The van der Waals surface area contributed by atoms with E-state index in [-0.39, 0.29) is 11.9 Å². The number of methoxy groups -OCH3 is 1. The zero-order valence-corrected chi connectivity index (χ0v) is 16.4. The van der Waals surface area contributed by atoms with E-state index in [9.17, 15) is 4.79 Å². The quantitative estimate of drug-likeness (QED) is 0.769. The number of hydrogen-bond acceptors (Lipinski definition) is 3. The molecule has 4 aliphatic carbocycles. The minimum Gasteiger partial charge on any atom is -0.495 e. The molecule has 0 radical (unpaired) electrons. The molecule has 0 spiro atoms. The van der Waals surface area contributed by atoms with E-state index in [0.29, 0.717) is 21.9 Å². The van der Waals surface area contributed by atoms with Crippen LogP contribution >= 0.6 is 11.6 Å². The fourth-order valence-electron chi connectivity index (χ4n) is 5.99. The smallest absolute Gasteiger partial charge is 0.241 e. The Hall–Kier alpha value is -1.26. The molecule has 1 aromatic carbocycles. The van der Waals surface area contributed by atoms with Gasteiger partial charge >= 0.3 is 0 Å². The van der Waals surface area contributed by atoms with E-state index >= 15 is 0 Å². The number of benzene rings is 1. The van der Waals surface area contributed by atoms with Gasteiger partial charge in [0, 0.05) is 11.6 Å². The van der Waals surface area contributed by atoms with Crippen molar-refractivity contribution in [1.29, 1.82) is 0 Å². The van der Waals surface area contributed by atoms with Crippen molar-refractivity contribution in [1.82, 2.24) is 5.32 Å². The first kappa shape index (κ1) is 18.1. The lowest BCUT2D eigenvalue weighted by Gasteiger charge is -2.57. The summed E-state index contributed by atoms with van der Waals surface area (Å²) < 4.78 is 5.31. The summed E-state index contributed by atoms with van der Waals surface area (Å²) in [5.41, 5.74) is 1.05. The van der Waals surface area contributed by atoms with E-state index in [1.54, 1.807) is 25.3 Å². The van der Waals surface area contributed by atoms with Crippen molar-refractivity contribution < 1.29 is 9.53 Å². The number of hydrogen-bond donors (Lipinski definition) is 2. The Bertz CT molecular complexity index is 655. The maximum Gasteiger partial charge on any atom is 0.241 e. The minimum absolute atomic E-state index is 0.0460. The van der Waals surface area contributed by atoms with Gasteiger partial charge in [-0.2, -0.15) is 0 Å². The second kappa shape index (κ2) is 7.05. The van der Waals surface area contributed by atoms with E-state index < -0.39 is 0 Å². The molecule has 5 heteroatoms. The number of amides is 1. The van der Waals surface area contributed by atoms with Gasteiger partial charge in [0.1, 0.15) is 5.75 Å². The number of anilines is 1. The van der Waals surface area contributed by atoms with Crippen molar-refractivity contribution >= 4 is 23.2 Å². The zero-order valence-electron chi connectivity index (χ0n) is 15.7. The third kappa shape index (κ3) is 3.59. The molecule has 0 saturated heterocycles. The number of ether oxygens (including phenoxy) is 1. The molecule has 0 aliphatic heterocycles. The Labute approximate surface area is 161 Å². The molecule has 0 heterocycles. The zero-order chi connectivity index (χ0) is 18.3. The van der Waals surface area contributed by atoms with Crippen molar-refractivity contribution in [2.75, 3.05) is 19.0 Å². The fourth-order valence-corrected chi connectivity index (χ4v) is 6.16. The Kier molecular flexibility index (Phi) is 4.91. The molecule has 1 amide bonds. The van der Waals surface area contributed by atoms with Crippen molar-refractivity contribution in [3.05, 3.63) is 23.2 Å². The van der Waals surface area contributed by atoms with E-state index in [0.717, 1.165) is 24.3 Å². The molecule has 1 atom stereocenters. The first-order valence-electron chi connectivity index (χ1n) is 9.84. The van der Waals surface area contributed by atoms with Crippen LogP contribution in [0.4, 0.5) is 5.69 Å². The minimum atomic E-state index is -0.244. The van der Waals surface area contributed by atoms with Crippen LogP contribution in [0, 0.1) is 23.2 Å². The summed E-state index contributed by atoms with van der Waals surface area (Å²) in [5.74, 6) is 3.38. The summed E-state index contributed by atoms with van der Waals surface area (Å²) in [6, 6.07) is 5.01. The van der Waals surface area contributed by atoms with Crippen molar-refractivity contribution in [3.63, 3.8) is 0 Å². The van der Waals surface area contributed by atoms with Crippen LogP contribution in [-0.2, 0) is 4.79 Å². The summed E-state index contributed by atoms with van der Waals surface area (Å²) in [7, 11) is 1.59. The van der Waals surface area contributed by atoms with Crippen LogP contribution < -0.4 is 15.4 Å². The highest BCUT2D eigenvalue weighted by Crippen LogP contribution is 2.59. The van der Waals surface area contributed by atoms with Crippen molar-refractivity contribution in [2.24, 2.45) is 23.2 Å². The Balaban J connectivity index is 1.36. The average molecular weight is 377 g/mol. The summed E-state index contributed by atoms with van der Waals surface area (Å²) in [5, 5.41) is 7.05. The van der Waals surface area contributed by atoms with Crippen LogP contribution in [0.2, 0.25) is 5.02 Å². The average Bonchev–Trinajstić information content (AvgIpc) is 2.59. The fraction of sp³-hybridized carbons (Fsp3) is 0.667. The molecule has 1 unspecified atom stereocenters. The topological polar surface area (TPSA) is 50.4 Å². The molecule has 4 nitrogen and oxygen atoms in total. The van der Waals surface area contributed by atoms with Gasteiger partial charge < -0.3 is 15.4 Å². The van der Waals surface area contributed by atoms with Gasteiger partial charge in [0.2, 0.25) is 5.91 Å². The van der Waals surface area contributed by atoms with Gasteiger partial charge in [0.15, 0.2) is 0 Å². The standard InChI is InChI=1S/C21H29ClN2O2/c1-13(20(25)24-18-8-17(22)3-4-19(18)26-2)23-12-21-9-14-5-15(10-21)7-16(6-14)11-21/h3-4,8,13-16,23H,5-7,9-12H2,1-2H3,(H,24,25). The molecule has 4 aliphatic rings. The third-order valence-electron chi connectivity index (χ3n) is 6.76. The predicted octanol–water partition coefficient (Wildman–Crippen LogP) is 4.48. The van der Waals surface area contributed by atoms with Crippen LogP contribution in [0.3, 0.4) is 0 Å². The maximum atomic E-state index is 12.6. The van der Waals surface area contributed by atoms with Crippen LogP contribution in [0.1, 0.15) is 45.4 Å². The summed E-state index contributed by atoms with van der Waals surface area (Å²) in [6.07, 6.45) is 8.39. The van der Waals surface area contributed by atoms with Crippen LogP contribution in [0.5, 0.6) is 5.75 Å². The summed E-state index contributed by atoms with van der Waals surface area (Å²) >= 11 is 6.05. The second-order valence-electron chi connectivity index (χ2n) is 8.85. The number of carbonyl (C=O) groups is 1. The SMILES string of the molecule is COc1ccc(Cl)cc1NC(=O)C(C)NCC12CC3CC(CC(C3)C1)C2. The molecule has 4 bridgehead atoms. The molecule has 4 saturated carbocycles. The Morgan fingerprint density at radius 1 is 1.23 bits per heavy atom. The normalized spacial score (nSPS) is 33.1. The van der Waals surface area contributed by atoms with Crippen molar-refractivity contribution in [2.45, 2.75) is 51.5 Å². The molecular formula is C21H29ClN2O2. The van der Waals surface area contributed by atoms with Crippen molar-refractivity contribution in [3.8, 4) is 5.75 Å². The van der Waals surface area contributed by atoms with E-state index in [4.69, 9.17) is 16.3 Å². The Morgan fingerprint density at radius 2 is 1.85 bits per heavy atom. The highest BCUT2D eigenvalue weighted by molar-refractivity contribution is 6.31. The number of carbonyl (C=O) groups excluding carboxylic acids is 1. The van der Waals surface area contributed by atoms with Gasteiger partial charge in [-0.05, 0) is 86.8 Å². The predicted molar refractivity (Wildman–Crippen MR) is 105 cm³/mol. The number of nitrogens with one attached hydrogen (secondary N) is 2. The molecule has 26 heavy (non-hydrogen) atoms. The van der Waals surface area contributed by atoms with Gasteiger partial charge in [-0.1, -0.05) is 11.6 Å². The largest absolute Gasteiger partial charge is 0.495 e. The number of halogens is 1. The van der Waals surface area contributed by atoms with Crippen LogP contribution in [0.25, 0.3) is 0 Å². The first-order chi connectivity index (χ1) is 12.5. The molecule has 2 N–H and O–H groups in total. The van der Waals surface area contributed by atoms with E-state index in [2.05, 4.69) is 10.6 Å². The van der Waals surface area contributed by atoms with Crippen LogP contribution in [0.15, 0.2) is 18.2 Å². The molecule has 1 aromatic rings. The van der Waals surface area contributed by atoms with Crippen LogP contribution in [-0.4, -0.2) is 25.6 Å². The maximum absolute atomic E-state index is 12.6. The van der Waals surface area contributed by atoms with Gasteiger partial charge in [0.05, 0.1) is 18.8 Å². The lowest BCUT2D eigenvalue weighted by atomic mass is 9.49. The highest BCUT2D eigenvalue weighted by atomic mass is 35.5. The Morgan fingerprint density at radius 3 is 2.42 bits per heavy atom. The molecule has 142 valence electrons. The van der Waals surface area contributed by atoms with Gasteiger partial charge in [0.25, 0.3) is 0 Å². The third-order valence-corrected chi connectivity index (χ3v) is 7.00. The summed E-state index contributed by atoms with van der Waals surface area (Å²) in [4.78, 5) is 12.6. The monoisotopic (exact) mass is 376 g/mol. The van der Waals surface area contributed by atoms with Gasteiger partial charge in [-0.3, -0.25) is 4.79 Å². The molecule has 5 rings (SSSR count). The van der Waals surface area contributed by atoms with Gasteiger partial charge in [-0.15, -0.1) is 0 Å². The molecule has 0 aromatic heterocycles. The molecule has 4 fully saturated rings. The number of rotatable bonds is 6. The van der Waals surface area contributed by atoms with Gasteiger partial charge in [-0.25, -0.2) is 0 Å². The first-order valence-corrected chi connectivity index (χ1v) is 10.2. The summed E-state index contributed by atoms with van der Waals surface area (Å²) in [6.45, 7) is 2.89. The van der Waals surface area contributed by atoms with E-state index in [1.165, 1.54) is 38.5 Å². The lowest BCUT2D eigenvalue weighted by molar-refractivity contribution is -0.118. The second-order valence-corrected chi connectivity index (χ2v) is 9.29. The van der Waals surface area contributed by atoms with E-state index in [1.807, 2.05) is 6.92 Å². The highest BCUT2D eigenvalue weighted by Gasteiger charge is 2.50. The molecular weight excluding hydrogens is 348 g/mol.